The summed E-state index contributed by atoms with van der Waals surface area (Å²) in [6, 6.07) is 26.8. The second-order valence-corrected chi connectivity index (χ2v) is 14.4. The molecule has 3 aromatic carbocycles. The van der Waals surface area contributed by atoms with Crippen LogP contribution in [0.2, 0.25) is 0 Å². The number of nitrogens with zero attached hydrogens (tertiary/aromatic N) is 3. The number of benzene rings is 3. The van der Waals surface area contributed by atoms with E-state index < -0.39 is 10.0 Å². The number of hydrogen-bond acceptors (Lipinski definition) is 4. The summed E-state index contributed by atoms with van der Waals surface area (Å²) < 4.78 is 29.3. The van der Waals surface area contributed by atoms with E-state index in [1.54, 1.807) is 8.99 Å². The molecule has 9 heteroatoms. The highest BCUT2D eigenvalue weighted by molar-refractivity contribution is 7.88. The van der Waals surface area contributed by atoms with E-state index in [9.17, 15) is 13.2 Å². The molecule has 5 rings (SSSR count). The Morgan fingerprint density at radius 2 is 1.56 bits per heavy atom. The molecule has 226 valence electrons. The van der Waals surface area contributed by atoms with Crippen molar-refractivity contribution in [1.29, 1.82) is 0 Å². The summed E-state index contributed by atoms with van der Waals surface area (Å²) in [6.07, 6.45) is 2.45. The van der Waals surface area contributed by atoms with E-state index in [-0.39, 0.29) is 17.2 Å². The van der Waals surface area contributed by atoms with Gasteiger partial charge in [0.1, 0.15) is 5.82 Å². The first-order valence-electron chi connectivity index (χ1n) is 14.8. The van der Waals surface area contributed by atoms with Crippen LogP contribution in [0.5, 0.6) is 0 Å². The summed E-state index contributed by atoms with van der Waals surface area (Å²) in [5.74, 6) is 1.01. The maximum Gasteiger partial charge on any atom is 0.324 e. The minimum absolute atomic E-state index is 0.0393. The Morgan fingerprint density at radius 3 is 2.23 bits per heavy atom. The quantitative estimate of drug-likeness (QED) is 0.230. The number of carbonyl (C=O) groups excluding carboxylic acids is 1. The van der Waals surface area contributed by atoms with Crippen molar-refractivity contribution in [2.45, 2.75) is 58.1 Å². The molecule has 2 N–H and O–H groups in total. The van der Waals surface area contributed by atoms with E-state index in [1.807, 2.05) is 85.8 Å². The third-order valence-electron chi connectivity index (χ3n) is 7.87. The van der Waals surface area contributed by atoms with Crippen LogP contribution in [0.3, 0.4) is 0 Å². The lowest BCUT2D eigenvalue weighted by Crippen LogP contribution is -2.39. The molecule has 0 bridgehead atoms. The van der Waals surface area contributed by atoms with Crippen LogP contribution in [0.25, 0.3) is 5.69 Å². The summed E-state index contributed by atoms with van der Waals surface area (Å²) in [4.78, 5) is 13.1. The molecule has 8 nitrogen and oxygen atoms in total. The first-order valence-corrected chi connectivity index (χ1v) is 16.4. The summed E-state index contributed by atoms with van der Waals surface area (Å²) in [6.45, 7) is 9.39. The fourth-order valence-electron chi connectivity index (χ4n) is 5.38. The minimum Gasteiger partial charge on any atom is -0.308 e. The number of urea groups is 1. The van der Waals surface area contributed by atoms with E-state index >= 15 is 0 Å². The van der Waals surface area contributed by atoms with E-state index in [2.05, 4.69) is 37.5 Å². The maximum absolute atomic E-state index is 13.1. The first kappa shape index (κ1) is 30.5. The molecule has 43 heavy (non-hydrogen) atoms. The van der Waals surface area contributed by atoms with Crippen molar-refractivity contribution in [3.05, 3.63) is 107 Å². The monoisotopic (exact) mass is 599 g/mol. The second-order valence-electron chi connectivity index (χ2n) is 12.5. The number of sulfonamides is 1. The van der Waals surface area contributed by atoms with Crippen LogP contribution in [0.4, 0.5) is 16.3 Å². The highest BCUT2D eigenvalue weighted by Crippen LogP contribution is 2.28. The number of hydrogen-bond donors (Lipinski definition) is 2. The van der Waals surface area contributed by atoms with Gasteiger partial charge in [-0.3, -0.25) is 5.32 Å². The molecule has 0 saturated carbocycles. The molecule has 1 aromatic heterocycles. The molecular weight excluding hydrogens is 558 g/mol. The normalized spacial score (nSPS) is 14.9. The summed E-state index contributed by atoms with van der Waals surface area (Å²) >= 11 is 0. The number of amides is 2. The third kappa shape index (κ3) is 7.91. The van der Waals surface area contributed by atoms with E-state index in [0.717, 1.165) is 47.3 Å². The van der Waals surface area contributed by atoms with E-state index in [1.165, 1.54) is 0 Å². The summed E-state index contributed by atoms with van der Waals surface area (Å²) in [5.41, 5.74) is 5.35. The van der Waals surface area contributed by atoms with Crippen molar-refractivity contribution >= 4 is 27.6 Å². The molecule has 0 spiro atoms. The lowest BCUT2D eigenvalue weighted by atomic mass is 9.91. The third-order valence-corrected chi connectivity index (χ3v) is 9.72. The fourth-order valence-corrected chi connectivity index (χ4v) is 6.94. The Hall–Kier alpha value is -3.95. The van der Waals surface area contributed by atoms with Gasteiger partial charge < -0.3 is 5.32 Å². The number of aromatic nitrogens is 2. The van der Waals surface area contributed by atoms with Gasteiger partial charge in [-0.1, -0.05) is 80.9 Å². The van der Waals surface area contributed by atoms with Crippen LogP contribution < -0.4 is 10.6 Å². The summed E-state index contributed by atoms with van der Waals surface area (Å²) in [5, 5.41) is 10.8. The van der Waals surface area contributed by atoms with Gasteiger partial charge in [0.15, 0.2) is 0 Å². The highest BCUT2D eigenvalue weighted by atomic mass is 32.2. The van der Waals surface area contributed by atoms with Gasteiger partial charge in [0.05, 0.1) is 17.1 Å². The van der Waals surface area contributed by atoms with Crippen LogP contribution in [-0.2, 0) is 27.6 Å². The smallest absolute Gasteiger partial charge is 0.308 e. The number of nitrogens with one attached hydrogen (secondary N) is 2. The Balaban J connectivity index is 1.19. The summed E-state index contributed by atoms with van der Waals surface area (Å²) in [7, 11) is -3.34. The predicted octanol–water partition coefficient (Wildman–Crippen LogP) is 6.91. The van der Waals surface area contributed by atoms with Crippen molar-refractivity contribution in [3.63, 3.8) is 0 Å². The zero-order valence-corrected chi connectivity index (χ0v) is 26.2. The topological polar surface area (TPSA) is 96.3 Å². The number of aryl methyl sites for hydroxylation is 1. The number of carbonyl (C=O) groups is 1. The number of rotatable bonds is 8. The predicted molar refractivity (Wildman–Crippen MR) is 173 cm³/mol. The van der Waals surface area contributed by atoms with Crippen molar-refractivity contribution in [3.8, 4) is 5.69 Å². The molecule has 0 atom stereocenters. The van der Waals surface area contributed by atoms with Gasteiger partial charge in [0.2, 0.25) is 10.0 Å². The molecule has 0 aliphatic carbocycles. The average Bonchev–Trinajstić information content (AvgIpc) is 3.38. The van der Waals surface area contributed by atoms with Crippen molar-refractivity contribution < 1.29 is 13.2 Å². The number of piperidine rings is 1. The van der Waals surface area contributed by atoms with Gasteiger partial charge in [-0.15, -0.1) is 0 Å². The molecule has 4 aromatic rings. The molecular formula is C34H41N5O3S. The van der Waals surface area contributed by atoms with Crippen molar-refractivity contribution in [2.75, 3.05) is 23.7 Å². The van der Waals surface area contributed by atoms with E-state index in [0.29, 0.717) is 30.5 Å². The van der Waals surface area contributed by atoms with Gasteiger partial charge in [-0.25, -0.2) is 22.2 Å². The largest absolute Gasteiger partial charge is 0.324 e. The standard InChI is InChI=1S/C34H41N5O3S/c1-25-13-15-30(16-14-25)39-32(23-31(37-39)34(2,3)4)36-33(40)35-29-12-8-11-28(22-29)21-26-17-19-38(20-18-26)43(41,42)24-27-9-6-5-7-10-27/h5-16,22-23,26H,17-21,24H2,1-4H3,(H2,35,36,40). The van der Waals surface area contributed by atoms with E-state index in [4.69, 9.17) is 5.10 Å². The number of anilines is 2. The lowest BCUT2D eigenvalue weighted by molar-refractivity contribution is 0.262. The molecule has 1 saturated heterocycles. The molecule has 1 fully saturated rings. The Kier molecular flexibility index (Phi) is 9.03. The molecule has 2 amide bonds. The molecule has 2 heterocycles. The lowest BCUT2D eigenvalue weighted by Gasteiger charge is -2.31. The Labute approximate surface area is 255 Å². The van der Waals surface area contributed by atoms with Crippen LogP contribution in [0.1, 0.15) is 56.0 Å². The average molecular weight is 600 g/mol. The van der Waals surface area contributed by atoms with Crippen molar-refractivity contribution in [1.82, 2.24) is 14.1 Å². The minimum atomic E-state index is -3.34. The van der Waals surface area contributed by atoms with Crippen LogP contribution >= 0.6 is 0 Å². The fraction of sp³-hybridized carbons (Fsp3) is 0.353. The molecule has 0 unspecified atom stereocenters. The highest BCUT2D eigenvalue weighted by Gasteiger charge is 2.28. The van der Waals surface area contributed by atoms with Crippen LogP contribution in [0.15, 0.2) is 84.9 Å². The molecule has 1 aliphatic rings. The first-order chi connectivity index (χ1) is 20.5. The van der Waals surface area contributed by atoms with Crippen molar-refractivity contribution in [2.24, 2.45) is 5.92 Å². The maximum atomic E-state index is 13.1. The SMILES string of the molecule is Cc1ccc(-n2nc(C(C)(C)C)cc2NC(=O)Nc2cccc(CC3CCN(S(=O)(=O)Cc4ccccc4)CC3)c2)cc1. The van der Waals surface area contributed by atoms with Gasteiger partial charge >= 0.3 is 6.03 Å². The molecule has 1 aliphatic heterocycles. The Bertz CT molecular complexity index is 1650. The van der Waals surface area contributed by atoms with Gasteiger partial charge in [0.25, 0.3) is 0 Å². The van der Waals surface area contributed by atoms with Gasteiger partial charge in [-0.2, -0.15) is 5.10 Å². The Morgan fingerprint density at radius 1 is 0.884 bits per heavy atom. The van der Waals surface area contributed by atoms with Crippen LogP contribution in [0, 0.1) is 12.8 Å². The molecule has 0 radical (unpaired) electrons. The zero-order valence-electron chi connectivity index (χ0n) is 25.4. The van der Waals surface area contributed by atoms with Crippen LogP contribution in [-0.4, -0.2) is 41.6 Å². The second kappa shape index (κ2) is 12.7. The zero-order chi connectivity index (χ0) is 30.6. The van der Waals surface area contributed by atoms with Gasteiger partial charge in [-0.05, 0) is 67.5 Å². The van der Waals surface area contributed by atoms with Gasteiger partial charge in [0, 0.05) is 30.3 Å².